The molecule has 2 aromatic heterocycles. The van der Waals surface area contributed by atoms with E-state index in [9.17, 15) is 9.59 Å². The van der Waals surface area contributed by atoms with Crippen molar-refractivity contribution < 1.29 is 19.1 Å². The maximum absolute atomic E-state index is 11.8. The van der Waals surface area contributed by atoms with Crippen molar-refractivity contribution in [2.75, 3.05) is 50.1 Å². The quantitative estimate of drug-likeness (QED) is 0.180. The minimum Gasteiger partial charge on any atom is -0.466 e. The average Bonchev–Trinajstić information content (AvgIpc) is 3.00. The Morgan fingerprint density at radius 1 is 1.09 bits per heavy atom. The number of amides is 1. The van der Waals surface area contributed by atoms with E-state index in [2.05, 4.69) is 37.6 Å². The minimum atomic E-state index is -0.508. The number of hydrogen-bond donors (Lipinski definition) is 2. The fourth-order valence-corrected chi connectivity index (χ4v) is 5.22. The molecular formula is C34H47N7O4. The van der Waals surface area contributed by atoms with Crippen molar-refractivity contribution in [3.8, 4) is 11.3 Å². The van der Waals surface area contributed by atoms with Gasteiger partial charge in [0.2, 0.25) is 5.95 Å². The minimum absolute atomic E-state index is 0.0833. The predicted molar refractivity (Wildman–Crippen MR) is 176 cm³/mol. The second kappa shape index (κ2) is 16.2. The molecule has 0 aliphatic carbocycles. The van der Waals surface area contributed by atoms with Gasteiger partial charge in [0.05, 0.1) is 12.3 Å². The molecule has 1 aliphatic heterocycles. The lowest BCUT2D eigenvalue weighted by Gasteiger charge is -2.31. The molecule has 1 aliphatic rings. The third-order valence-electron chi connectivity index (χ3n) is 7.49. The van der Waals surface area contributed by atoms with E-state index >= 15 is 0 Å². The average molecular weight is 618 g/mol. The Kier molecular flexibility index (Phi) is 12.1. The number of rotatable bonds is 13. The van der Waals surface area contributed by atoms with Crippen molar-refractivity contribution in [2.24, 2.45) is 5.92 Å². The van der Waals surface area contributed by atoms with Crippen molar-refractivity contribution in [2.45, 2.75) is 65.5 Å². The molecular weight excluding hydrogens is 570 g/mol. The Labute approximate surface area is 266 Å². The lowest BCUT2D eigenvalue weighted by molar-refractivity contribution is -0.144. The summed E-state index contributed by atoms with van der Waals surface area (Å²) in [6.45, 7) is 11.9. The normalized spacial score (nSPS) is 14.1. The highest BCUT2D eigenvalue weighted by molar-refractivity contribution is 5.69. The number of carbonyl (C=O) groups excluding carboxylic acids is 2. The molecule has 0 saturated carbocycles. The van der Waals surface area contributed by atoms with E-state index in [0.717, 1.165) is 68.2 Å². The van der Waals surface area contributed by atoms with Gasteiger partial charge in [0.1, 0.15) is 11.4 Å². The highest BCUT2D eigenvalue weighted by Gasteiger charge is 2.22. The van der Waals surface area contributed by atoms with Gasteiger partial charge in [0, 0.05) is 56.7 Å². The first-order chi connectivity index (χ1) is 21.6. The highest BCUT2D eigenvalue weighted by atomic mass is 16.6. The fourth-order valence-electron chi connectivity index (χ4n) is 5.22. The number of hydrogen-bond acceptors (Lipinski definition) is 10. The number of alkyl carbamates (subject to hydrolysis) is 1. The molecule has 3 aromatic rings. The standard InChI is InChI=1S/C34H47N7O4/c1-6-44-31(42)22-25-14-19-41(20-15-25)24-26-9-7-10-28(21-26)38-32-35-17-13-29(39-32)27-11-12-30(37-23-27)40(5)18-8-16-36-33(43)45-34(2,3)4/h7,9-13,17,21,23,25H,6,8,14-16,18-20,22,24H2,1-5H3,(H,36,43)(H,35,38,39). The number of aromatic nitrogens is 3. The van der Waals surface area contributed by atoms with Crippen LogP contribution in [0, 0.1) is 5.92 Å². The van der Waals surface area contributed by atoms with E-state index in [1.165, 1.54) is 5.56 Å². The lowest BCUT2D eigenvalue weighted by atomic mass is 9.93. The Balaban J connectivity index is 1.26. The number of pyridine rings is 1. The topological polar surface area (TPSA) is 122 Å². The van der Waals surface area contributed by atoms with Gasteiger partial charge in [-0.3, -0.25) is 9.69 Å². The number of likely N-dealkylation sites (tertiary alicyclic amines) is 1. The van der Waals surface area contributed by atoms with Crippen LogP contribution < -0.4 is 15.5 Å². The largest absolute Gasteiger partial charge is 0.466 e. The van der Waals surface area contributed by atoms with Gasteiger partial charge < -0.3 is 25.0 Å². The molecule has 1 fully saturated rings. The number of anilines is 3. The summed E-state index contributed by atoms with van der Waals surface area (Å²) in [6, 6.07) is 14.2. The Morgan fingerprint density at radius 2 is 1.89 bits per heavy atom. The monoisotopic (exact) mass is 617 g/mol. The Hall–Kier alpha value is -4.25. The number of nitrogens with zero attached hydrogens (tertiary/aromatic N) is 5. The summed E-state index contributed by atoms with van der Waals surface area (Å²) in [5, 5.41) is 6.14. The number of benzene rings is 1. The molecule has 0 atom stereocenters. The van der Waals surface area contributed by atoms with E-state index in [4.69, 9.17) is 14.5 Å². The first-order valence-electron chi connectivity index (χ1n) is 15.8. The number of piperidine rings is 1. The van der Waals surface area contributed by atoms with Crippen molar-refractivity contribution in [1.29, 1.82) is 0 Å². The van der Waals surface area contributed by atoms with E-state index in [1.807, 2.05) is 76.2 Å². The van der Waals surface area contributed by atoms with Gasteiger partial charge in [-0.05, 0) is 102 Å². The van der Waals surface area contributed by atoms with E-state index in [0.29, 0.717) is 31.4 Å². The van der Waals surface area contributed by atoms with Crippen LogP contribution in [-0.2, 0) is 20.8 Å². The summed E-state index contributed by atoms with van der Waals surface area (Å²) in [5.41, 5.74) is 3.30. The van der Waals surface area contributed by atoms with Crippen molar-refractivity contribution in [3.05, 3.63) is 60.4 Å². The molecule has 0 bridgehead atoms. The zero-order valence-electron chi connectivity index (χ0n) is 27.2. The first kappa shape index (κ1) is 33.6. The second-order valence-corrected chi connectivity index (χ2v) is 12.4. The number of nitrogens with one attached hydrogen (secondary N) is 2. The molecule has 0 unspecified atom stereocenters. The van der Waals surface area contributed by atoms with Crippen LogP contribution in [-0.4, -0.2) is 77.3 Å². The van der Waals surface area contributed by atoms with Gasteiger partial charge in [-0.25, -0.2) is 19.7 Å². The number of esters is 1. The molecule has 2 N–H and O–H groups in total. The van der Waals surface area contributed by atoms with E-state index in [1.54, 1.807) is 6.20 Å². The highest BCUT2D eigenvalue weighted by Crippen LogP contribution is 2.24. The maximum atomic E-state index is 11.8. The predicted octanol–water partition coefficient (Wildman–Crippen LogP) is 5.80. The smallest absolute Gasteiger partial charge is 0.407 e. The Bertz CT molecular complexity index is 1390. The molecule has 45 heavy (non-hydrogen) atoms. The van der Waals surface area contributed by atoms with Crippen LogP contribution in [0.1, 0.15) is 58.9 Å². The third-order valence-corrected chi connectivity index (χ3v) is 7.49. The molecule has 3 heterocycles. The summed E-state index contributed by atoms with van der Waals surface area (Å²) in [4.78, 5) is 41.9. The van der Waals surface area contributed by atoms with Gasteiger partial charge in [0.25, 0.3) is 0 Å². The SMILES string of the molecule is CCOC(=O)CC1CCN(Cc2cccc(Nc3nccc(-c4ccc(N(C)CCCNC(=O)OC(C)(C)C)nc4)n3)c2)CC1. The van der Waals surface area contributed by atoms with Crippen LogP contribution in [0.3, 0.4) is 0 Å². The fraction of sp³-hybridized carbons (Fsp3) is 0.500. The summed E-state index contributed by atoms with van der Waals surface area (Å²) in [7, 11) is 1.98. The number of carbonyl (C=O) groups is 2. The molecule has 0 radical (unpaired) electrons. The molecule has 0 spiro atoms. The van der Waals surface area contributed by atoms with Gasteiger partial charge in [0.15, 0.2) is 0 Å². The summed E-state index contributed by atoms with van der Waals surface area (Å²) >= 11 is 0. The lowest BCUT2D eigenvalue weighted by Crippen LogP contribution is -2.34. The summed E-state index contributed by atoms with van der Waals surface area (Å²) in [6.07, 6.45) is 6.46. The summed E-state index contributed by atoms with van der Waals surface area (Å²) in [5.74, 6) is 1.68. The van der Waals surface area contributed by atoms with Crippen LogP contribution in [0.25, 0.3) is 11.3 Å². The molecule has 1 saturated heterocycles. The van der Waals surface area contributed by atoms with E-state index in [-0.39, 0.29) is 5.97 Å². The Morgan fingerprint density at radius 3 is 2.60 bits per heavy atom. The second-order valence-electron chi connectivity index (χ2n) is 12.4. The van der Waals surface area contributed by atoms with Crippen LogP contribution in [0.4, 0.5) is 22.2 Å². The van der Waals surface area contributed by atoms with Crippen LogP contribution in [0.5, 0.6) is 0 Å². The van der Waals surface area contributed by atoms with Gasteiger partial charge in [-0.1, -0.05) is 12.1 Å². The molecule has 242 valence electrons. The van der Waals surface area contributed by atoms with Gasteiger partial charge in [-0.2, -0.15) is 0 Å². The molecule has 4 rings (SSSR count). The van der Waals surface area contributed by atoms with Crippen molar-refractivity contribution in [1.82, 2.24) is 25.2 Å². The third kappa shape index (κ3) is 11.3. The van der Waals surface area contributed by atoms with Gasteiger partial charge >= 0.3 is 12.1 Å². The maximum Gasteiger partial charge on any atom is 0.407 e. The van der Waals surface area contributed by atoms with Crippen molar-refractivity contribution >= 4 is 29.5 Å². The number of ether oxygens (including phenoxy) is 2. The van der Waals surface area contributed by atoms with E-state index < -0.39 is 11.7 Å². The van der Waals surface area contributed by atoms with Crippen LogP contribution in [0.15, 0.2) is 54.9 Å². The molecule has 11 nitrogen and oxygen atoms in total. The van der Waals surface area contributed by atoms with Crippen LogP contribution >= 0.6 is 0 Å². The van der Waals surface area contributed by atoms with Crippen molar-refractivity contribution in [3.63, 3.8) is 0 Å². The van der Waals surface area contributed by atoms with Gasteiger partial charge in [-0.15, -0.1) is 0 Å². The summed E-state index contributed by atoms with van der Waals surface area (Å²) < 4.78 is 10.4. The molecule has 1 aromatic carbocycles. The molecule has 11 heteroatoms. The van der Waals surface area contributed by atoms with Crippen LogP contribution in [0.2, 0.25) is 0 Å². The zero-order chi connectivity index (χ0) is 32.2. The zero-order valence-corrected chi connectivity index (χ0v) is 27.2. The first-order valence-corrected chi connectivity index (χ1v) is 15.8. The molecule has 1 amide bonds.